The summed E-state index contributed by atoms with van der Waals surface area (Å²) in [6.45, 7) is 8.46. The van der Waals surface area contributed by atoms with E-state index in [2.05, 4.69) is 27.6 Å². The molecule has 0 saturated heterocycles. The average molecular weight is 571 g/mol. The van der Waals surface area contributed by atoms with E-state index in [0.717, 1.165) is 36.5 Å². The summed E-state index contributed by atoms with van der Waals surface area (Å²) in [4.78, 5) is 6.85. The van der Waals surface area contributed by atoms with Gasteiger partial charge < -0.3 is 30.1 Å². The van der Waals surface area contributed by atoms with Gasteiger partial charge in [-0.1, -0.05) is 42.5 Å². The van der Waals surface area contributed by atoms with E-state index in [4.69, 9.17) is 9.47 Å². The molecule has 7 nitrogen and oxygen atoms in total. The highest BCUT2D eigenvalue weighted by Gasteiger charge is 2.22. The molecule has 0 amide bonds. The Morgan fingerprint density at radius 2 is 1.79 bits per heavy atom. The number of hydrogen-bond donors (Lipinski definition) is 3. The van der Waals surface area contributed by atoms with Crippen molar-refractivity contribution in [3.63, 3.8) is 0 Å². The van der Waals surface area contributed by atoms with Gasteiger partial charge >= 0.3 is 0 Å². The second kappa shape index (κ2) is 15.9. The molecule has 2 rings (SSSR count). The van der Waals surface area contributed by atoms with Crippen LogP contribution in [0.25, 0.3) is 0 Å². The number of benzene rings is 2. The number of guanidine groups is 1. The Bertz CT molecular complexity index is 818. The Hall–Kier alpha value is -1.88. The van der Waals surface area contributed by atoms with Crippen molar-refractivity contribution < 1.29 is 14.6 Å². The zero-order chi connectivity index (χ0) is 23.2. The van der Waals surface area contributed by atoms with Crippen LogP contribution in [0.3, 0.4) is 0 Å². The maximum Gasteiger partial charge on any atom is 0.191 e. The lowest BCUT2D eigenvalue weighted by Crippen LogP contribution is -2.44. The third-order valence-corrected chi connectivity index (χ3v) is 5.08. The maximum atomic E-state index is 10.8. The van der Waals surface area contributed by atoms with Crippen LogP contribution in [0.5, 0.6) is 5.75 Å². The number of methoxy groups -OCH3 is 1. The van der Waals surface area contributed by atoms with Crippen LogP contribution >= 0.6 is 24.0 Å². The summed E-state index contributed by atoms with van der Waals surface area (Å²) in [5, 5.41) is 17.3. The zero-order valence-corrected chi connectivity index (χ0v) is 22.5. The predicted molar refractivity (Wildman–Crippen MR) is 146 cm³/mol. The number of halogens is 1. The standard InChI is InChI=1S/C25H38N4O3.HI/c1-5-26-24(28-20-25(2,30)22-11-7-6-8-12-22)27-19-21-10-9-13-23(18-21)32-17-15-29(3)14-16-31-4;/h6-13,18,30H,5,14-17,19-20H2,1-4H3,(H2,26,27,28);1H. The molecule has 1 atom stereocenters. The third kappa shape index (κ3) is 11.2. The van der Waals surface area contributed by atoms with Crippen LogP contribution in [-0.2, 0) is 16.9 Å². The van der Waals surface area contributed by atoms with Crippen molar-refractivity contribution in [3.8, 4) is 5.75 Å². The molecule has 0 aliphatic heterocycles. The van der Waals surface area contributed by atoms with Crippen molar-refractivity contribution in [1.82, 2.24) is 15.5 Å². The van der Waals surface area contributed by atoms with Gasteiger partial charge in [0.15, 0.2) is 5.96 Å². The minimum Gasteiger partial charge on any atom is -0.492 e. The molecule has 0 radical (unpaired) electrons. The molecule has 184 valence electrons. The van der Waals surface area contributed by atoms with Crippen LogP contribution in [0.1, 0.15) is 25.0 Å². The first kappa shape index (κ1) is 29.2. The Morgan fingerprint density at radius 3 is 2.48 bits per heavy atom. The first-order valence-corrected chi connectivity index (χ1v) is 11.1. The molecule has 0 spiro atoms. The van der Waals surface area contributed by atoms with Crippen LogP contribution in [0, 0.1) is 0 Å². The van der Waals surface area contributed by atoms with E-state index >= 15 is 0 Å². The summed E-state index contributed by atoms with van der Waals surface area (Å²) in [6, 6.07) is 17.6. The van der Waals surface area contributed by atoms with Crippen LogP contribution < -0.4 is 15.4 Å². The topological polar surface area (TPSA) is 78.4 Å². The minimum atomic E-state index is -0.998. The quantitative estimate of drug-likeness (QED) is 0.195. The first-order chi connectivity index (χ1) is 15.4. The Kier molecular flexibility index (Phi) is 14.0. The van der Waals surface area contributed by atoms with Crippen molar-refractivity contribution in [2.24, 2.45) is 4.99 Å². The van der Waals surface area contributed by atoms with Crippen LogP contribution in [-0.4, -0.2) is 69.5 Å². The molecular weight excluding hydrogens is 531 g/mol. The number of nitrogens with one attached hydrogen (secondary N) is 2. The molecule has 2 aromatic carbocycles. The summed E-state index contributed by atoms with van der Waals surface area (Å²) in [6.07, 6.45) is 0. The van der Waals surface area contributed by atoms with E-state index in [1.54, 1.807) is 14.0 Å². The van der Waals surface area contributed by atoms with Gasteiger partial charge in [-0.05, 0) is 44.2 Å². The zero-order valence-electron chi connectivity index (χ0n) is 20.2. The van der Waals surface area contributed by atoms with E-state index in [1.807, 2.05) is 61.5 Å². The van der Waals surface area contributed by atoms with Gasteiger partial charge in [-0.25, -0.2) is 4.99 Å². The highest BCUT2D eigenvalue weighted by Crippen LogP contribution is 2.19. The number of rotatable bonds is 13. The van der Waals surface area contributed by atoms with Gasteiger partial charge in [0.1, 0.15) is 18.0 Å². The molecule has 33 heavy (non-hydrogen) atoms. The minimum absolute atomic E-state index is 0. The largest absolute Gasteiger partial charge is 0.492 e. The summed E-state index contributed by atoms with van der Waals surface area (Å²) < 4.78 is 11.0. The number of likely N-dealkylation sites (N-methyl/N-ethyl adjacent to an activating group) is 1. The van der Waals surface area contributed by atoms with Crippen molar-refractivity contribution in [2.75, 3.05) is 53.6 Å². The third-order valence-electron chi connectivity index (χ3n) is 5.08. The SMILES string of the molecule is CCNC(=NCc1cccc(OCCN(C)CCOC)c1)NCC(C)(O)c1ccccc1.I. The summed E-state index contributed by atoms with van der Waals surface area (Å²) in [5.41, 5.74) is 0.921. The molecular formula is C25H39IN4O3. The van der Waals surface area contributed by atoms with Crippen molar-refractivity contribution in [2.45, 2.75) is 26.0 Å². The monoisotopic (exact) mass is 570 g/mol. The number of nitrogens with zero attached hydrogens (tertiary/aromatic N) is 2. The second-order valence-electron chi connectivity index (χ2n) is 7.98. The lowest BCUT2D eigenvalue weighted by molar-refractivity contribution is 0.0617. The van der Waals surface area contributed by atoms with Crippen molar-refractivity contribution in [1.29, 1.82) is 0 Å². The van der Waals surface area contributed by atoms with E-state index in [0.29, 0.717) is 32.3 Å². The highest BCUT2D eigenvalue weighted by atomic mass is 127. The molecule has 0 bridgehead atoms. The number of aliphatic imine (C=N–C) groups is 1. The lowest BCUT2D eigenvalue weighted by atomic mass is 9.96. The highest BCUT2D eigenvalue weighted by molar-refractivity contribution is 14.0. The van der Waals surface area contributed by atoms with Crippen LogP contribution in [0.4, 0.5) is 0 Å². The molecule has 0 heterocycles. The molecule has 0 aromatic heterocycles. The normalized spacial score (nSPS) is 13.2. The maximum absolute atomic E-state index is 10.8. The van der Waals surface area contributed by atoms with Gasteiger partial charge in [-0.2, -0.15) is 0 Å². The van der Waals surface area contributed by atoms with Crippen LogP contribution in [0.2, 0.25) is 0 Å². The molecule has 1 unspecified atom stereocenters. The van der Waals surface area contributed by atoms with Crippen molar-refractivity contribution >= 4 is 29.9 Å². The fourth-order valence-corrected chi connectivity index (χ4v) is 3.08. The van der Waals surface area contributed by atoms with Gasteiger partial charge in [0, 0.05) is 26.7 Å². The van der Waals surface area contributed by atoms with Crippen LogP contribution in [0.15, 0.2) is 59.6 Å². The molecule has 0 fully saturated rings. The van der Waals surface area contributed by atoms with E-state index < -0.39 is 5.60 Å². The number of ether oxygens (including phenoxy) is 2. The average Bonchev–Trinajstić information content (AvgIpc) is 2.80. The summed E-state index contributed by atoms with van der Waals surface area (Å²) >= 11 is 0. The smallest absolute Gasteiger partial charge is 0.191 e. The fourth-order valence-electron chi connectivity index (χ4n) is 3.08. The van der Waals surface area contributed by atoms with E-state index in [1.165, 1.54) is 0 Å². The number of aliphatic hydroxyl groups is 1. The predicted octanol–water partition coefficient (Wildman–Crippen LogP) is 3.22. The lowest BCUT2D eigenvalue weighted by Gasteiger charge is -2.25. The Labute approximate surface area is 215 Å². The Morgan fingerprint density at radius 1 is 1.06 bits per heavy atom. The molecule has 0 aliphatic rings. The molecule has 8 heteroatoms. The fraction of sp³-hybridized carbons (Fsp3) is 0.480. The van der Waals surface area contributed by atoms with Gasteiger partial charge in [0.25, 0.3) is 0 Å². The molecule has 2 aromatic rings. The summed E-state index contributed by atoms with van der Waals surface area (Å²) in [5.74, 6) is 1.50. The van der Waals surface area contributed by atoms with E-state index in [9.17, 15) is 5.11 Å². The molecule has 3 N–H and O–H groups in total. The van der Waals surface area contributed by atoms with Gasteiger partial charge in [-0.3, -0.25) is 0 Å². The van der Waals surface area contributed by atoms with Gasteiger partial charge in [-0.15, -0.1) is 24.0 Å². The van der Waals surface area contributed by atoms with Crippen molar-refractivity contribution in [3.05, 3.63) is 65.7 Å². The molecule has 0 saturated carbocycles. The Balaban J connectivity index is 0.00000544. The molecule has 0 aliphatic carbocycles. The van der Waals surface area contributed by atoms with Gasteiger partial charge in [0.2, 0.25) is 0 Å². The van der Waals surface area contributed by atoms with Gasteiger partial charge in [0.05, 0.1) is 19.7 Å². The van der Waals surface area contributed by atoms with E-state index in [-0.39, 0.29) is 24.0 Å². The first-order valence-electron chi connectivity index (χ1n) is 11.1. The number of hydrogen-bond acceptors (Lipinski definition) is 5. The second-order valence-corrected chi connectivity index (χ2v) is 7.98. The summed E-state index contributed by atoms with van der Waals surface area (Å²) in [7, 11) is 3.76.